The zero-order chi connectivity index (χ0) is 20.4. The van der Waals surface area contributed by atoms with Gasteiger partial charge < -0.3 is 9.84 Å². The lowest BCUT2D eigenvalue weighted by Gasteiger charge is -2.23. The zero-order valence-corrected chi connectivity index (χ0v) is 16.0. The van der Waals surface area contributed by atoms with E-state index < -0.39 is 33.1 Å². The van der Waals surface area contributed by atoms with E-state index in [9.17, 15) is 23.3 Å². The number of nitro benzene ring substituents is 1. The summed E-state index contributed by atoms with van der Waals surface area (Å²) in [6.45, 7) is -1.01. The highest BCUT2D eigenvalue weighted by Gasteiger charge is 2.30. The number of nitrogens with zero attached hydrogens (tertiary/aromatic N) is 2. The predicted molar refractivity (Wildman–Crippen MR) is 98.3 cm³/mol. The van der Waals surface area contributed by atoms with Crippen LogP contribution in [-0.4, -0.2) is 38.1 Å². The van der Waals surface area contributed by atoms with E-state index >= 15 is 0 Å². The summed E-state index contributed by atoms with van der Waals surface area (Å²) >= 11 is 11.9. The van der Waals surface area contributed by atoms with Gasteiger partial charge in [-0.1, -0.05) is 23.2 Å². The van der Waals surface area contributed by atoms with E-state index in [0.29, 0.717) is 4.31 Å². The van der Waals surface area contributed by atoms with Gasteiger partial charge in [-0.25, -0.2) is 8.42 Å². The second-order valence-corrected chi connectivity index (χ2v) is 7.77. The highest BCUT2D eigenvalue weighted by molar-refractivity contribution is 7.92. The minimum atomic E-state index is -4.46. The average Bonchev–Trinajstić information content (AvgIpc) is 2.59. The third kappa shape index (κ3) is 4.41. The number of carbonyl (C=O) groups is 1. The molecule has 0 bridgehead atoms. The largest absolute Gasteiger partial charge is 0.495 e. The fourth-order valence-electron chi connectivity index (χ4n) is 2.16. The Morgan fingerprint density at radius 1 is 1.22 bits per heavy atom. The second kappa shape index (κ2) is 7.99. The smallest absolute Gasteiger partial charge is 0.324 e. The number of rotatable bonds is 7. The van der Waals surface area contributed by atoms with Gasteiger partial charge in [-0.05, 0) is 24.3 Å². The van der Waals surface area contributed by atoms with Gasteiger partial charge in [0.05, 0.1) is 32.7 Å². The van der Waals surface area contributed by atoms with Crippen LogP contribution in [0.3, 0.4) is 0 Å². The first-order valence-electron chi connectivity index (χ1n) is 7.10. The summed E-state index contributed by atoms with van der Waals surface area (Å²) in [7, 11) is -3.11. The van der Waals surface area contributed by atoms with Crippen molar-refractivity contribution < 1.29 is 28.0 Å². The molecule has 0 spiro atoms. The number of hydrogen-bond acceptors (Lipinski definition) is 6. The predicted octanol–water partition coefficient (Wildman–Crippen LogP) is 3.19. The van der Waals surface area contributed by atoms with Crippen LogP contribution in [0.5, 0.6) is 5.75 Å². The first-order chi connectivity index (χ1) is 12.6. The van der Waals surface area contributed by atoms with Gasteiger partial charge >= 0.3 is 5.97 Å². The number of halogens is 2. The zero-order valence-electron chi connectivity index (χ0n) is 13.6. The van der Waals surface area contributed by atoms with E-state index in [1.807, 2.05) is 0 Å². The molecule has 0 saturated carbocycles. The molecule has 2 rings (SSSR count). The van der Waals surface area contributed by atoms with Crippen LogP contribution in [0.25, 0.3) is 0 Å². The van der Waals surface area contributed by atoms with Gasteiger partial charge in [0, 0.05) is 12.1 Å². The van der Waals surface area contributed by atoms with Crippen LogP contribution in [-0.2, 0) is 14.8 Å². The average molecular weight is 435 g/mol. The molecule has 0 radical (unpaired) electrons. The summed E-state index contributed by atoms with van der Waals surface area (Å²) in [6.07, 6.45) is 0. The first-order valence-corrected chi connectivity index (χ1v) is 9.29. The van der Waals surface area contributed by atoms with Crippen molar-refractivity contribution in [3.63, 3.8) is 0 Å². The Balaban J connectivity index is 2.66. The van der Waals surface area contributed by atoms with Crippen molar-refractivity contribution in [2.45, 2.75) is 4.90 Å². The minimum absolute atomic E-state index is 0.0148. The number of anilines is 1. The Hall–Kier alpha value is -2.56. The maximum absolute atomic E-state index is 13.0. The van der Waals surface area contributed by atoms with Crippen LogP contribution >= 0.6 is 23.2 Å². The molecule has 0 atom stereocenters. The summed E-state index contributed by atoms with van der Waals surface area (Å²) in [5, 5.41) is 19.9. The highest BCUT2D eigenvalue weighted by atomic mass is 35.5. The standard InChI is InChI=1S/C15H12Cl2N2O7S/c1-26-14-5-3-10(7-12(14)17)27(24,25)18(8-15(20)21)13-6-9(19(22)23)2-4-11(13)16/h2-7H,8H2,1H3,(H,20,21). The molecule has 0 saturated heterocycles. The number of aliphatic carboxylic acids is 1. The van der Waals surface area contributed by atoms with Crippen LogP contribution < -0.4 is 9.04 Å². The van der Waals surface area contributed by atoms with Gasteiger partial charge in [-0.2, -0.15) is 0 Å². The normalized spacial score (nSPS) is 11.1. The van der Waals surface area contributed by atoms with Crippen LogP contribution in [0.1, 0.15) is 0 Å². The van der Waals surface area contributed by atoms with E-state index in [4.69, 9.17) is 33.0 Å². The van der Waals surface area contributed by atoms with Gasteiger partial charge in [0.25, 0.3) is 15.7 Å². The van der Waals surface area contributed by atoms with Crippen molar-refractivity contribution in [2.24, 2.45) is 0 Å². The number of carboxylic acids is 1. The van der Waals surface area contributed by atoms with Crippen LogP contribution in [0.4, 0.5) is 11.4 Å². The molecule has 27 heavy (non-hydrogen) atoms. The fourth-order valence-corrected chi connectivity index (χ4v) is 4.21. The third-order valence-corrected chi connectivity index (χ3v) is 5.77. The maximum Gasteiger partial charge on any atom is 0.324 e. The monoisotopic (exact) mass is 434 g/mol. The lowest BCUT2D eigenvalue weighted by Crippen LogP contribution is -2.36. The molecule has 0 amide bonds. The number of ether oxygens (including phenoxy) is 1. The number of carboxylic acid groups (broad SMARTS) is 1. The molecular weight excluding hydrogens is 423 g/mol. The molecule has 12 heteroatoms. The molecule has 0 unspecified atom stereocenters. The maximum atomic E-state index is 13.0. The molecular formula is C15H12Cl2N2O7S. The molecule has 144 valence electrons. The molecule has 0 aliphatic rings. The van der Waals surface area contributed by atoms with Crippen molar-refractivity contribution in [2.75, 3.05) is 18.0 Å². The highest BCUT2D eigenvalue weighted by Crippen LogP contribution is 2.35. The van der Waals surface area contributed by atoms with Crippen LogP contribution in [0, 0.1) is 10.1 Å². The third-order valence-electron chi connectivity index (χ3n) is 3.40. The van der Waals surface area contributed by atoms with E-state index in [1.54, 1.807) is 0 Å². The molecule has 2 aromatic carbocycles. The Bertz CT molecular complexity index is 1010. The number of sulfonamides is 1. The molecule has 9 nitrogen and oxygen atoms in total. The number of methoxy groups -OCH3 is 1. The topological polar surface area (TPSA) is 127 Å². The minimum Gasteiger partial charge on any atom is -0.495 e. The molecule has 0 heterocycles. The summed E-state index contributed by atoms with van der Waals surface area (Å²) in [6, 6.07) is 6.61. The molecule has 0 aliphatic carbocycles. The number of hydrogen-bond donors (Lipinski definition) is 1. The fraction of sp³-hybridized carbons (Fsp3) is 0.133. The molecule has 0 fully saturated rings. The summed E-state index contributed by atoms with van der Waals surface area (Å²) in [5.41, 5.74) is -0.798. The quantitative estimate of drug-likeness (QED) is 0.523. The SMILES string of the molecule is COc1ccc(S(=O)(=O)N(CC(=O)O)c2cc([N+](=O)[O-])ccc2Cl)cc1Cl. The Morgan fingerprint density at radius 2 is 1.89 bits per heavy atom. The van der Waals surface area contributed by atoms with Gasteiger partial charge in [-0.3, -0.25) is 19.2 Å². The van der Waals surface area contributed by atoms with Gasteiger partial charge in [-0.15, -0.1) is 0 Å². The summed E-state index contributed by atoms with van der Waals surface area (Å²) in [5.74, 6) is -1.27. The van der Waals surface area contributed by atoms with E-state index in [2.05, 4.69) is 0 Å². The molecule has 0 aromatic heterocycles. The number of benzene rings is 2. The van der Waals surface area contributed by atoms with Crippen LogP contribution in [0.2, 0.25) is 10.0 Å². The summed E-state index contributed by atoms with van der Waals surface area (Å²) < 4.78 is 31.4. The second-order valence-electron chi connectivity index (χ2n) is 5.09. The van der Waals surface area contributed by atoms with Gasteiger partial charge in [0.1, 0.15) is 12.3 Å². The molecule has 1 N–H and O–H groups in total. The molecule has 2 aromatic rings. The van der Waals surface area contributed by atoms with Crippen molar-refractivity contribution >= 4 is 50.6 Å². The van der Waals surface area contributed by atoms with Crippen molar-refractivity contribution in [1.29, 1.82) is 0 Å². The van der Waals surface area contributed by atoms with E-state index in [1.165, 1.54) is 19.2 Å². The van der Waals surface area contributed by atoms with Crippen molar-refractivity contribution in [3.8, 4) is 5.75 Å². The lowest BCUT2D eigenvalue weighted by atomic mass is 10.3. The number of non-ortho nitro benzene ring substituents is 1. The van der Waals surface area contributed by atoms with Crippen LogP contribution in [0.15, 0.2) is 41.3 Å². The van der Waals surface area contributed by atoms with Gasteiger partial charge in [0.2, 0.25) is 0 Å². The Labute approximate surface area is 163 Å². The number of nitro groups is 1. The van der Waals surface area contributed by atoms with Gasteiger partial charge in [0.15, 0.2) is 0 Å². The molecule has 0 aliphatic heterocycles. The Kier molecular flexibility index (Phi) is 6.14. The Morgan fingerprint density at radius 3 is 2.41 bits per heavy atom. The first kappa shape index (κ1) is 20.7. The van der Waals surface area contributed by atoms with E-state index in [0.717, 1.165) is 24.3 Å². The lowest BCUT2D eigenvalue weighted by molar-refractivity contribution is -0.384. The summed E-state index contributed by atoms with van der Waals surface area (Å²) in [4.78, 5) is 21.1. The van der Waals surface area contributed by atoms with Crippen molar-refractivity contribution in [3.05, 3.63) is 56.6 Å². The van der Waals surface area contributed by atoms with Crippen molar-refractivity contribution in [1.82, 2.24) is 0 Å². The van der Waals surface area contributed by atoms with E-state index in [-0.39, 0.29) is 26.4 Å².